The lowest BCUT2D eigenvalue weighted by Gasteiger charge is -2.32. The van der Waals surface area contributed by atoms with Crippen molar-refractivity contribution < 1.29 is 23.8 Å². The van der Waals surface area contributed by atoms with E-state index in [-0.39, 0.29) is 18.0 Å². The molecule has 2 rings (SSSR count). The van der Waals surface area contributed by atoms with Crippen molar-refractivity contribution in [1.82, 2.24) is 4.90 Å². The third-order valence-electron chi connectivity index (χ3n) is 3.16. The topological polar surface area (TPSA) is 60.8 Å². The number of β-amino-alcohol motifs (C(OH)–C–C–N with tert-alkyl or cyclic N) is 1. The maximum atomic E-state index is 13.0. The predicted octanol–water partition coefficient (Wildman–Crippen LogP) is 0.932. The zero-order valence-corrected chi connectivity index (χ0v) is 10.7. The van der Waals surface area contributed by atoms with Gasteiger partial charge in [0.25, 0.3) is 0 Å². The molecule has 1 aliphatic rings. The number of carbonyl (C=O) groups excluding carboxylic acids is 1. The Morgan fingerprint density at radius 1 is 1.20 bits per heavy atom. The molecule has 1 fully saturated rings. The van der Waals surface area contributed by atoms with Gasteiger partial charge in [0, 0.05) is 25.2 Å². The van der Waals surface area contributed by atoms with Gasteiger partial charge in [0.2, 0.25) is 5.91 Å². The van der Waals surface area contributed by atoms with Crippen LogP contribution in [0.2, 0.25) is 0 Å². The standard InChI is InChI=1S/C14H15F2NO3/c15-10-5-9(6-11(16)7-10)1-2-14(20)17-4-3-12(18)13(19)8-17/h1-2,5-7,12-13,18-19H,3-4,8H2/b2-1+. The first kappa shape index (κ1) is 14.6. The van der Waals surface area contributed by atoms with Gasteiger partial charge in [-0.05, 0) is 30.2 Å². The SMILES string of the molecule is O=C(/C=C/c1cc(F)cc(F)c1)N1CCC(O)C(O)C1. The fourth-order valence-electron chi connectivity index (χ4n) is 2.06. The maximum absolute atomic E-state index is 13.0. The number of halogens is 2. The molecule has 108 valence electrons. The fourth-order valence-corrected chi connectivity index (χ4v) is 2.06. The number of piperidine rings is 1. The third-order valence-corrected chi connectivity index (χ3v) is 3.16. The van der Waals surface area contributed by atoms with Crippen LogP contribution in [0.25, 0.3) is 6.08 Å². The first-order chi connectivity index (χ1) is 9.45. The quantitative estimate of drug-likeness (QED) is 0.794. The maximum Gasteiger partial charge on any atom is 0.246 e. The number of rotatable bonds is 2. The number of amides is 1. The molecule has 6 heteroatoms. The molecule has 1 aromatic carbocycles. The highest BCUT2D eigenvalue weighted by Crippen LogP contribution is 2.13. The summed E-state index contributed by atoms with van der Waals surface area (Å²) in [4.78, 5) is 13.2. The van der Waals surface area contributed by atoms with Crippen molar-refractivity contribution in [3.63, 3.8) is 0 Å². The largest absolute Gasteiger partial charge is 0.390 e. The summed E-state index contributed by atoms with van der Waals surface area (Å²) in [6.07, 6.45) is 1.02. The van der Waals surface area contributed by atoms with Gasteiger partial charge in [-0.25, -0.2) is 8.78 Å². The zero-order valence-electron chi connectivity index (χ0n) is 10.7. The molecule has 0 radical (unpaired) electrons. The lowest BCUT2D eigenvalue weighted by Crippen LogP contribution is -2.48. The summed E-state index contributed by atoms with van der Waals surface area (Å²) in [5, 5.41) is 18.8. The minimum atomic E-state index is -0.965. The second kappa shape index (κ2) is 6.11. The first-order valence-electron chi connectivity index (χ1n) is 6.25. The summed E-state index contributed by atoms with van der Waals surface area (Å²) in [5.41, 5.74) is 0.244. The van der Waals surface area contributed by atoms with Gasteiger partial charge in [-0.1, -0.05) is 0 Å². The van der Waals surface area contributed by atoms with Crippen molar-refractivity contribution in [1.29, 1.82) is 0 Å². The average molecular weight is 283 g/mol. The van der Waals surface area contributed by atoms with Crippen molar-refractivity contribution in [3.05, 3.63) is 41.5 Å². The van der Waals surface area contributed by atoms with Crippen LogP contribution in [0.5, 0.6) is 0 Å². The molecule has 0 aliphatic carbocycles. The Hall–Kier alpha value is -1.79. The second-order valence-corrected chi connectivity index (χ2v) is 4.74. The van der Waals surface area contributed by atoms with Crippen LogP contribution in [0.15, 0.2) is 24.3 Å². The summed E-state index contributed by atoms with van der Waals surface area (Å²) in [7, 11) is 0. The Morgan fingerprint density at radius 2 is 1.85 bits per heavy atom. The number of likely N-dealkylation sites (tertiary alicyclic amines) is 1. The van der Waals surface area contributed by atoms with E-state index in [2.05, 4.69) is 0 Å². The van der Waals surface area contributed by atoms with Gasteiger partial charge < -0.3 is 15.1 Å². The minimum Gasteiger partial charge on any atom is -0.390 e. The molecule has 0 bridgehead atoms. The van der Waals surface area contributed by atoms with E-state index in [1.807, 2.05) is 0 Å². The zero-order chi connectivity index (χ0) is 14.7. The molecule has 20 heavy (non-hydrogen) atoms. The molecule has 1 heterocycles. The average Bonchev–Trinajstić information content (AvgIpc) is 2.38. The molecule has 1 aromatic rings. The lowest BCUT2D eigenvalue weighted by atomic mass is 10.1. The molecule has 2 unspecified atom stereocenters. The van der Waals surface area contributed by atoms with E-state index < -0.39 is 23.8 Å². The summed E-state index contributed by atoms with van der Waals surface area (Å²) >= 11 is 0. The van der Waals surface area contributed by atoms with E-state index in [1.54, 1.807) is 0 Å². The van der Waals surface area contributed by atoms with Gasteiger partial charge >= 0.3 is 0 Å². The van der Waals surface area contributed by atoms with Gasteiger partial charge in [-0.3, -0.25) is 4.79 Å². The van der Waals surface area contributed by atoms with Crippen LogP contribution in [-0.2, 0) is 4.79 Å². The van der Waals surface area contributed by atoms with Crippen molar-refractivity contribution in [3.8, 4) is 0 Å². The highest BCUT2D eigenvalue weighted by Gasteiger charge is 2.27. The summed E-state index contributed by atoms with van der Waals surface area (Å²) in [6, 6.07) is 2.98. The van der Waals surface area contributed by atoms with E-state index in [9.17, 15) is 23.8 Å². The number of hydrogen-bond donors (Lipinski definition) is 2. The number of aliphatic hydroxyl groups is 2. The molecule has 2 atom stereocenters. The van der Waals surface area contributed by atoms with E-state index in [0.717, 1.165) is 18.2 Å². The van der Waals surface area contributed by atoms with Crippen LogP contribution in [0.1, 0.15) is 12.0 Å². The van der Waals surface area contributed by atoms with Crippen LogP contribution in [0.3, 0.4) is 0 Å². The van der Waals surface area contributed by atoms with Gasteiger partial charge in [0.1, 0.15) is 11.6 Å². The number of hydrogen-bond acceptors (Lipinski definition) is 3. The molecule has 0 saturated carbocycles. The normalized spacial score (nSPS) is 23.3. The third kappa shape index (κ3) is 3.61. The lowest BCUT2D eigenvalue weighted by molar-refractivity contribution is -0.132. The first-order valence-corrected chi connectivity index (χ1v) is 6.25. The van der Waals surface area contributed by atoms with Gasteiger partial charge in [-0.15, -0.1) is 0 Å². The van der Waals surface area contributed by atoms with Crippen LogP contribution in [0.4, 0.5) is 8.78 Å². The Balaban J connectivity index is 2.02. The summed E-state index contributed by atoms with van der Waals surface area (Å²) in [6.45, 7) is 0.376. The van der Waals surface area contributed by atoms with E-state index >= 15 is 0 Å². The van der Waals surface area contributed by atoms with Crippen LogP contribution < -0.4 is 0 Å². The molecular formula is C14H15F2NO3. The number of nitrogens with zero attached hydrogens (tertiary/aromatic N) is 1. The van der Waals surface area contributed by atoms with Gasteiger partial charge in [0.05, 0.1) is 12.2 Å². The monoisotopic (exact) mass is 283 g/mol. The van der Waals surface area contributed by atoms with Crippen LogP contribution in [0, 0.1) is 11.6 Å². The molecule has 1 amide bonds. The Labute approximate surface area is 114 Å². The van der Waals surface area contributed by atoms with Crippen molar-refractivity contribution in [2.24, 2.45) is 0 Å². The Morgan fingerprint density at radius 3 is 2.45 bits per heavy atom. The second-order valence-electron chi connectivity index (χ2n) is 4.74. The highest BCUT2D eigenvalue weighted by atomic mass is 19.1. The molecule has 2 N–H and O–H groups in total. The van der Waals surface area contributed by atoms with Crippen LogP contribution in [-0.4, -0.2) is 46.3 Å². The fraction of sp³-hybridized carbons (Fsp3) is 0.357. The predicted molar refractivity (Wildman–Crippen MR) is 68.6 cm³/mol. The van der Waals surface area contributed by atoms with Gasteiger partial charge in [-0.2, -0.15) is 0 Å². The Bertz CT molecular complexity index is 513. The smallest absolute Gasteiger partial charge is 0.246 e. The molecule has 4 nitrogen and oxygen atoms in total. The Kier molecular flexibility index (Phi) is 4.46. The number of aliphatic hydroxyl groups excluding tert-OH is 2. The highest BCUT2D eigenvalue weighted by molar-refractivity contribution is 5.91. The minimum absolute atomic E-state index is 0.0435. The molecule has 0 aromatic heterocycles. The van der Waals surface area contributed by atoms with Crippen molar-refractivity contribution in [2.75, 3.05) is 13.1 Å². The van der Waals surface area contributed by atoms with E-state index in [0.29, 0.717) is 13.0 Å². The van der Waals surface area contributed by atoms with Gasteiger partial charge in [0.15, 0.2) is 0 Å². The number of benzene rings is 1. The summed E-state index contributed by atoms with van der Waals surface area (Å²) in [5.74, 6) is -1.80. The number of carbonyl (C=O) groups is 1. The molecular weight excluding hydrogens is 268 g/mol. The van der Waals surface area contributed by atoms with E-state index in [4.69, 9.17) is 0 Å². The molecule has 0 spiro atoms. The van der Waals surface area contributed by atoms with Crippen molar-refractivity contribution >= 4 is 12.0 Å². The van der Waals surface area contributed by atoms with E-state index in [1.165, 1.54) is 17.1 Å². The van der Waals surface area contributed by atoms with Crippen LogP contribution >= 0.6 is 0 Å². The summed E-state index contributed by atoms with van der Waals surface area (Å²) < 4.78 is 25.9. The molecule has 1 saturated heterocycles. The van der Waals surface area contributed by atoms with Crippen molar-refractivity contribution in [2.45, 2.75) is 18.6 Å². The molecule has 1 aliphatic heterocycles.